The van der Waals surface area contributed by atoms with Gasteiger partial charge < -0.3 is 0 Å². The predicted octanol–water partition coefficient (Wildman–Crippen LogP) is 3.00. The lowest BCUT2D eigenvalue weighted by atomic mass is 9.73. The summed E-state index contributed by atoms with van der Waals surface area (Å²) >= 11 is 0. The highest BCUT2D eigenvalue weighted by molar-refractivity contribution is 6.02. The molecule has 1 rings (SSSR count). The van der Waals surface area contributed by atoms with E-state index in [1.165, 1.54) is 0 Å². The summed E-state index contributed by atoms with van der Waals surface area (Å²) in [6.07, 6.45) is 3.82. The van der Waals surface area contributed by atoms with E-state index in [1.54, 1.807) is 0 Å². The minimum Gasteiger partial charge on any atom is -0.299 e. The highest BCUT2D eigenvalue weighted by Crippen LogP contribution is 2.32. The summed E-state index contributed by atoms with van der Waals surface area (Å²) < 4.78 is 0. The maximum Gasteiger partial charge on any atom is 0.143 e. The molecule has 0 spiro atoms. The Morgan fingerprint density at radius 3 is 2.67 bits per heavy atom. The van der Waals surface area contributed by atoms with Crippen LogP contribution in [0.2, 0.25) is 0 Å². The molecule has 2 heteroatoms. The van der Waals surface area contributed by atoms with Crippen LogP contribution in [-0.4, -0.2) is 11.6 Å². The fourth-order valence-electron chi connectivity index (χ4n) is 2.39. The summed E-state index contributed by atoms with van der Waals surface area (Å²) in [5, 5.41) is 0. The number of carbonyl (C=O) groups excluding carboxylic acids is 2. The first-order chi connectivity index (χ1) is 7.06. The third-order valence-corrected chi connectivity index (χ3v) is 3.52. The molecule has 2 atom stereocenters. The van der Waals surface area contributed by atoms with E-state index in [0.29, 0.717) is 24.7 Å². The summed E-state index contributed by atoms with van der Waals surface area (Å²) in [6, 6.07) is 0. The van der Waals surface area contributed by atoms with Crippen LogP contribution >= 0.6 is 0 Å². The van der Waals surface area contributed by atoms with Crippen molar-refractivity contribution in [2.24, 2.45) is 17.8 Å². The van der Waals surface area contributed by atoms with Gasteiger partial charge in [0, 0.05) is 12.8 Å². The van der Waals surface area contributed by atoms with E-state index >= 15 is 0 Å². The Bertz CT molecular complexity index is 243. The SMILES string of the molecule is CCCC(=O)C1CC(C(C)C)CCC1=O. The highest BCUT2D eigenvalue weighted by Gasteiger charge is 2.33. The Kier molecular flexibility index (Phi) is 4.49. The molecule has 0 aromatic carbocycles. The Hall–Kier alpha value is -0.660. The van der Waals surface area contributed by atoms with Gasteiger partial charge in [0.2, 0.25) is 0 Å². The van der Waals surface area contributed by atoms with Crippen LogP contribution in [0.3, 0.4) is 0 Å². The Morgan fingerprint density at radius 2 is 2.13 bits per heavy atom. The molecule has 2 unspecified atom stereocenters. The normalized spacial score (nSPS) is 27.1. The maximum absolute atomic E-state index is 11.8. The molecule has 0 radical (unpaired) electrons. The molecule has 0 amide bonds. The number of hydrogen-bond donors (Lipinski definition) is 0. The first-order valence-electron chi connectivity index (χ1n) is 6.11. The van der Waals surface area contributed by atoms with Gasteiger partial charge in [-0.1, -0.05) is 20.8 Å². The Morgan fingerprint density at radius 1 is 1.47 bits per heavy atom. The van der Waals surface area contributed by atoms with Crippen LogP contribution in [0, 0.1) is 17.8 Å². The predicted molar refractivity (Wildman–Crippen MR) is 60.6 cm³/mol. The molecule has 1 aliphatic carbocycles. The molecule has 1 fully saturated rings. The molecular formula is C13H22O2. The Balaban J connectivity index is 2.61. The Labute approximate surface area is 92.4 Å². The highest BCUT2D eigenvalue weighted by atomic mass is 16.1. The van der Waals surface area contributed by atoms with Crippen molar-refractivity contribution in [1.29, 1.82) is 0 Å². The molecule has 0 bridgehead atoms. The number of rotatable bonds is 4. The molecule has 1 aliphatic rings. The van der Waals surface area contributed by atoms with Crippen molar-refractivity contribution in [3.8, 4) is 0 Å². The zero-order valence-corrected chi connectivity index (χ0v) is 10.1. The van der Waals surface area contributed by atoms with Crippen molar-refractivity contribution < 1.29 is 9.59 Å². The van der Waals surface area contributed by atoms with Crippen molar-refractivity contribution >= 4 is 11.6 Å². The van der Waals surface area contributed by atoms with E-state index in [2.05, 4.69) is 13.8 Å². The molecule has 86 valence electrons. The number of carbonyl (C=O) groups is 2. The monoisotopic (exact) mass is 210 g/mol. The van der Waals surface area contributed by atoms with Crippen molar-refractivity contribution in [2.75, 3.05) is 0 Å². The van der Waals surface area contributed by atoms with Crippen LogP contribution in [-0.2, 0) is 9.59 Å². The first-order valence-corrected chi connectivity index (χ1v) is 6.11. The van der Waals surface area contributed by atoms with Gasteiger partial charge in [-0.25, -0.2) is 0 Å². The molecule has 2 nitrogen and oxygen atoms in total. The van der Waals surface area contributed by atoms with Crippen molar-refractivity contribution in [1.82, 2.24) is 0 Å². The minimum absolute atomic E-state index is 0.174. The second kappa shape index (κ2) is 5.43. The van der Waals surface area contributed by atoms with Gasteiger partial charge in [0.1, 0.15) is 11.6 Å². The van der Waals surface area contributed by atoms with E-state index in [9.17, 15) is 9.59 Å². The lowest BCUT2D eigenvalue weighted by Crippen LogP contribution is -2.32. The van der Waals surface area contributed by atoms with Crippen molar-refractivity contribution in [2.45, 2.75) is 52.9 Å². The topological polar surface area (TPSA) is 34.1 Å². The van der Waals surface area contributed by atoms with Gasteiger partial charge >= 0.3 is 0 Å². The van der Waals surface area contributed by atoms with Crippen LogP contribution in [0.1, 0.15) is 52.9 Å². The first kappa shape index (κ1) is 12.4. The molecule has 15 heavy (non-hydrogen) atoms. The van der Waals surface area contributed by atoms with Gasteiger partial charge in [-0.2, -0.15) is 0 Å². The van der Waals surface area contributed by atoms with E-state index in [0.717, 1.165) is 19.3 Å². The summed E-state index contributed by atoms with van der Waals surface area (Å²) in [6.45, 7) is 6.36. The molecule has 0 aromatic rings. The number of hydrogen-bond acceptors (Lipinski definition) is 2. The second-order valence-electron chi connectivity index (χ2n) is 5.01. The van der Waals surface area contributed by atoms with Gasteiger partial charge in [-0.15, -0.1) is 0 Å². The van der Waals surface area contributed by atoms with E-state index in [1.807, 2.05) is 6.92 Å². The number of Topliss-reactive ketones (excluding diaryl/α,β-unsaturated/α-hetero) is 2. The average molecular weight is 210 g/mol. The zero-order valence-electron chi connectivity index (χ0n) is 10.1. The minimum atomic E-state index is -0.272. The van der Waals surface area contributed by atoms with Crippen LogP contribution in [0.4, 0.5) is 0 Å². The third-order valence-electron chi connectivity index (χ3n) is 3.52. The second-order valence-corrected chi connectivity index (χ2v) is 5.01. The van der Waals surface area contributed by atoms with Crippen molar-refractivity contribution in [3.05, 3.63) is 0 Å². The maximum atomic E-state index is 11.8. The number of ketones is 2. The van der Waals surface area contributed by atoms with Crippen molar-refractivity contribution in [3.63, 3.8) is 0 Å². The summed E-state index contributed by atoms with van der Waals surface area (Å²) in [5.74, 6) is 1.24. The molecule has 0 saturated heterocycles. The smallest absolute Gasteiger partial charge is 0.143 e. The molecular weight excluding hydrogens is 188 g/mol. The van der Waals surface area contributed by atoms with Gasteiger partial charge in [-0.3, -0.25) is 9.59 Å². The van der Waals surface area contributed by atoms with Crippen LogP contribution < -0.4 is 0 Å². The molecule has 1 saturated carbocycles. The molecule has 0 aromatic heterocycles. The summed E-state index contributed by atoms with van der Waals surface area (Å²) in [5.41, 5.74) is 0. The van der Waals surface area contributed by atoms with Gasteiger partial charge in [0.25, 0.3) is 0 Å². The fourth-order valence-corrected chi connectivity index (χ4v) is 2.39. The lowest BCUT2D eigenvalue weighted by molar-refractivity contribution is -0.135. The standard InChI is InChI=1S/C13H22O2/c1-4-5-12(14)11-8-10(9(2)3)6-7-13(11)15/h9-11H,4-8H2,1-3H3. The fraction of sp³-hybridized carbons (Fsp3) is 0.846. The van der Waals surface area contributed by atoms with Crippen LogP contribution in [0.15, 0.2) is 0 Å². The van der Waals surface area contributed by atoms with Gasteiger partial charge in [0.05, 0.1) is 5.92 Å². The van der Waals surface area contributed by atoms with E-state index < -0.39 is 0 Å². The lowest BCUT2D eigenvalue weighted by Gasteiger charge is -2.29. The van der Waals surface area contributed by atoms with Gasteiger partial charge in [-0.05, 0) is 31.1 Å². The van der Waals surface area contributed by atoms with Gasteiger partial charge in [0.15, 0.2) is 0 Å². The molecule has 0 aliphatic heterocycles. The molecule has 0 heterocycles. The largest absolute Gasteiger partial charge is 0.299 e. The quantitative estimate of drug-likeness (QED) is 0.668. The zero-order chi connectivity index (χ0) is 11.4. The van der Waals surface area contributed by atoms with E-state index in [-0.39, 0.29) is 17.5 Å². The molecule has 0 N–H and O–H groups in total. The van der Waals surface area contributed by atoms with Crippen LogP contribution in [0.5, 0.6) is 0 Å². The summed E-state index contributed by atoms with van der Waals surface area (Å²) in [7, 11) is 0. The summed E-state index contributed by atoms with van der Waals surface area (Å²) in [4.78, 5) is 23.4. The van der Waals surface area contributed by atoms with Crippen LogP contribution in [0.25, 0.3) is 0 Å². The third kappa shape index (κ3) is 3.15. The average Bonchev–Trinajstić information content (AvgIpc) is 2.18. The van der Waals surface area contributed by atoms with E-state index in [4.69, 9.17) is 0 Å².